The van der Waals surface area contributed by atoms with Crippen LogP contribution in [0.15, 0.2) is 54.6 Å². The average Bonchev–Trinajstić information content (AvgIpc) is 2.97. The Bertz CT molecular complexity index is 1040. The number of benzene rings is 2. The number of hydrogen-bond donors (Lipinski definition) is 0. The molecule has 5 heteroatoms. The summed E-state index contributed by atoms with van der Waals surface area (Å²) in [5, 5.41) is 8.93. The molecule has 196 valence electrons. The fraction of sp³-hybridized carbons (Fsp3) is 0.500. The van der Waals surface area contributed by atoms with E-state index < -0.39 is 11.9 Å². The van der Waals surface area contributed by atoms with Crippen LogP contribution in [0.2, 0.25) is 0 Å². The van der Waals surface area contributed by atoms with Crippen LogP contribution in [0.4, 0.5) is 0 Å². The van der Waals surface area contributed by atoms with Crippen LogP contribution in [0.25, 0.3) is 0 Å². The highest BCUT2D eigenvalue weighted by atomic mass is 16.5. The maximum Gasteiger partial charge on any atom is 0.323 e. The van der Waals surface area contributed by atoms with E-state index in [1.807, 2.05) is 48.5 Å². The molecule has 2 fully saturated rings. The molecule has 2 aromatic rings. The Morgan fingerprint density at radius 1 is 0.811 bits per heavy atom. The van der Waals surface area contributed by atoms with E-state index in [0.717, 1.165) is 12.0 Å². The molecule has 0 aromatic heterocycles. The Kier molecular flexibility index (Phi) is 11.6. The van der Waals surface area contributed by atoms with Crippen molar-refractivity contribution in [2.75, 3.05) is 7.11 Å². The SMILES string of the molecule is COC(=O)C(C#N)CC(=O)c1ccc(C2CCCCC2)cc1.O=C(CC1CCCCC1)c1ccccc1. The number of carbonyl (C=O) groups excluding carboxylic acids is 3. The summed E-state index contributed by atoms with van der Waals surface area (Å²) >= 11 is 0. The largest absolute Gasteiger partial charge is 0.468 e. The minimum absolute atomic E-state index is 0.133. The molecule has 2 saturated carbocycles. The van der Waals surface area contributed by atoms with Gasteiger partial charge in [0.2, 0.25) is 0 Å². The number of methoxy groups -OCH3 is 1. The Hall–Kier alpha value is -3.26. The molecule has 0 spiro atoms. The third-order valence-electron chi connectivity index (χ3n) is 7.63. The number of esters is 1. The predicted octanol–water partition coefficient (Wildman–Crippen LogP) is 7.46. The van der Waals surface area contributed by atoms with Crippen molar-refractivity contribution in [3.63, 3.8) is 0 Å². The molecule has 5 nitrogen and oxygen atoms in total. The molecule has 2 aliphatic rings. The number of nitrogens with zero attached hydrogens (tertiary/aromatic N) is 1. The van der Waals surface area contributed by atoms with Gasteiger partial charge in [0.1, 0.15) is 0 Å². The van der Waals surface area contributed by atoms with Crippen molar-refractivity contribution in [2.24, 2.45) is 11.8 Å². The van der Waals surface area contributed by atoms with Crippen LogP contribution in [-0.4, -0.2) is 24.6 Å². The minimum Gasteiger partial charge on any atom is -0.468 e. The van der Waals surface area contributed by atoms with Crippen LogP contribution >= 0.6 is 0 Å². The standard InChI is InChI=1S/C18H21NO3.C14H18O/c1-22-18(21)16(12-19)11-17(20)15-9-7-14(8-10-15)13-5-3-2-4-6-13;15-14(13-9-5-2-6-10-13)11-12-7-3-1-4-8-12/h7-10,13,16H,2-6,11H2,1H3;2,5-6,9-10,12H,1,3-4,7-8,11H2. The van der Waals surface area contributed by atoms with Gasteiger partial charge in [0.05, 0.1) is 13.2 Å². The summed E-state index contributed by atoms with van der Waals surface area (Å²) in [6.07, 6.45) is 13.4. The molecular formula is C32H39NO4. The Morgan fingerprint density at radius 2 is 1.38 bits per heavy atom. The van der Waals surface area contributed by atoms with Crippen LogP contribution in [0, 0.1) is 23.2 Å². The molecule has 0 saturated heterocycles. The molecule has 2 aromatic carbocycles. The summed E-state index contributed by atoms with van der Waals surface area (Å²) in [5.41, 5.74) is 2.70. The lowest BCUT2D eigenvalue weighted by molar-refractivity contribution is -0.143. The first-order valence-corrected chi connectivity index (χ1v) is 13.7. The zero-order valence-electron chi connectivity index (χ0n) is 22.0. The van der Waals surface area contributed by atoms with Crippen LogP contribution in [0.5, 0.6) is 0 Å². The number of ether oxygens (including phenoxy) is 1. The summed E-state index contributed by atoms with van der Waals surface area (Å²) < 4.78 is 4.52. The summed E-state index contributed by atoms with van der Waals surface area (Å²) in [7, 11) is 1.22. The van der Waals surface area contributed by atoms with Gasteiger partial charge in [0.15, 0.2) is 17.5 Å². The second-order valence-electron chi connectivity index (χ2n) is 10.3. The summed E-state index contributed by atoms with van der Waals surface area (Å²) in [5.74, 6) is -0.328. The van der Waals surface area contributed by atoms with E-state index in [1.165, 1.54) is 76.9 Å². The highest BCUT2D eigenvalue weighted by molar-refractivity contribution is 5.98. The zero-order chi connectivity index (χ0) is 26.5. The average molecular weight is 502 g/mol. The molecule has 0 N–H and O–H groups in total. The molecule has 4 rings (SSSR count). The van der Waals surface area contributed by atoms with E-state index >= 15 is 0 Å². The minimum atomic E-state index is -1.03. The Morgan fingerprint density at radius 3 is 1.95 bits per heavy atom. The van der Waals surface area contributed by atoms with Gasteiger partial charge in [-0.3, -0.25) is 14.4 Å². The summed E-state index contributed by atoms with van der Waals surface area (Å²) in [6.45, 7) is 0. The smallest absolute Gasteiger partial charge is 0.323 e. The molecule has 0 amide bonds. The predicted molar refractivity (Wildman–Crippen MR) is 144 cm³/mol. The number of Topliss-reactive ketones (excluding diaryl/α,β-unsaturated/α-hetero) is 2. The van der Waals surface area contributed by atoms with E-state index in [9.17, 15) is 14.4 Å². The fourth-order valence-electron chi connectivity index (χ4n) is 5.40. The molecule has 2 aliphatic carbocycles. The molecule has 0 bridgehead atoms. The van der Waals surface area contributed by atoms with Gasteiger partial charge in [-0.1, -0.05) is 106 Å². The normalized spacial score (nSPS) is 17.0. The maximum absolute atomic E-state index is 12.2. The van der Waals surface area contributed by atoms with E-state index in [-0.39, 0.29) is 12.2 Å². The number of hydrogen-bond acceptors (Lipinski definition) is 5. The first-order valence-electron chi connectivity index (χ1n) is 13.7. The third kappa shape index (κ3) is 8.97. The maximum atomic E-state index is 12.2. The molecular weight excluding hydrogens is 462 g/mol. The number of carbonyl (C=O) groups is 3. The first-order chi connectivity index (χ1) is 18.0. The van der Waals surface area contributed by atoms with Crippen molar-refractivity contribution in [3.05, 3.63) is 71.3 Å². The number of rotatable bonds is 8. The van der Waals surface area contributed by atoms with Crippen molar-refractivity contribution in [3.8, 4) is 6.07 Å². The topological polar surface area (TPSA) is 84.2 Å². The Balaban J connectivity index is 0.000000220. The van der Waals surface area contributed by atoms with Gasteiger partial charge in [-0.15, -0.1) is 0 Å². The van der Waals surface area contributed by atoms with Gasteiger partial charge in [-0.2, -0.15) is 5.26 Å². The summed E-state index contributed by atoms with van der Waals surface area (Å²) in [4.78, 5) is 35.4. The van der Waals surface area contributed by atoms with E-state index in [0.29, 0.717) is 23.2 Å². The van der Waals surface area contributed by atoms with E-state index in [4.69, 9.17) is 5.26 Å². The Labute approximate surface area is 221 Å². The molecule has 1 unspecified atom stereocenters. The highest BCUT2D eigenvalue weighted by Crippen LogP contribution is 2.32. The molecule has 0 heterocycles. The van der Waals surface area contributed by atoms with Crippen molar-refractivity contribution in [2.45, 2.75) is 83.0 Å². The second kappa shape index (κ2) is 15.1. The van der Waals surface area contributed by atoms with Crippen molar-refractivity contribution < 1.29 is 19.1 Å². The number of ketones is 2. The van der Waals surface area contributed by atoms with E-state index in [1.54, 1.807) is 12.1 Å². The van der Waals surface area contributed by atoms with Crippen LogP contribution in [0.1, 0.15) is 109 Å². The second-order valence-corrected chi connectivity index (χ2v) is 10.3. The van der Waals surface area contributed by atoms with Gasteiger partial charge in [0.25, 0.3) is 0 Å². The lowest BCUT2D eigenvalue weighted by Gasteiger charge is -2.22. The highest BCUT2D eigenvalue weighted by Gasteiger charge is 2.23. The van der Waals surface area contributed by atoms with Crippen molar-refractivity contribution >= 4 is 17.5 Å². The molecule has 37 heavy (non-hydrogen) atoms. The van der Waals surface area contributed by atoms with Crippen LogP contribution in [0.3, 0.4) is 0 Å². The van der Waals surface area contributed by atoms with Crippen LogP contribution < -0.4 is 0 Å². The van der Waals surface area contributed by atoms with Gasteiger partial charge in [-0.05, 0) is 30.2 Å². The molecule has 0 aliphatic heterocycles. The monoisotopic (exact) mass is 501 g/mol. The lowest BCUT2D eigenvalue weighted by atomic mass is 9.83. The quantitative estimate of drug-likeness (QED) is 0.277. The van der Waals surface area contributed by atoms with Gasteiger partial charge < -0.3 is 4.74 Å². The van der Waals surface area contributed by atoms with E-state index in [2.05, 4.69) is 4.74 Å². The number of nitriles is 1. The third-order valence-corrected chi connectivity index (χ3v) is 7.63. The fourth-order valence-corrected chi connectivity index (χ4v) is 5.40. The van der Waals surface area contributed by atoms with Crippen molar-refractivity contribution in [1.29, 1.82) is 5.26 Å². The van der Waals surface area contributed by atoms with Gasteiger partial charge in [0, 0.05) is 24.0 Å². The van der Waals surface area contributed by atoms with Crippen molar-refractivity contribution in [1.82, 2.24) is 0 Å². The lowest BCUT2D eigenvalue weighted by Crippen LogP contribution is -2.18. The van der Waals surface area contributed by atoms with Gasteiger partial charge >= 0.3 is 5.97 Å². The molecule has 1 atom stereocenters. The first kappa shape index (κ1) is 28.3. The molecule has 0 radical (unpaired) electrons. The van der Waals surface area contributed by atoms with Gasteiger partial charge in [-0.25, -0.2) is 0 Å². The zero-order valence-corrected chi connectivity index (χ0v) is 22.0. The van der Waals surface area contributed by atoms with Crippen LogP contribution in [-0.2, 0) is 9.53 Å². The summed E-state index contributed by atoms with van der Waals surface area (Å²) in [6, 6.07) is 19.1.